The molecule has 1 aromatic heterocycles. The van der Waals surface area contributed by atoms with Crippen molar-refractivity contribution in [2.24, 2.45) is 12.2 Å². The molecule has 2 heterocycles. The number of aryl methyl sites for hydroxylation is 2. The average molecular weight is 379 g/mol. The molecule has 2 aliphatic rings. The van der Waals surface area contributed by atoms with Crippen molar-refractivity contribution in [1.82, 2.24) is 9.78 Å². The van der Waals surface area contributed by atoms with Gasteiger partial charge in [-0.2, -0.15) is 5.10 Å². The lowest BCUT2D eigenvalue weighted by Crippen LogP contribution is -2.29. The molecule has 4 rings (SSSR count). The third kappa shape index (κ3) is 3.00. The highest BCUT2D eigenvalue weighted by molar-refractivity contribution is 6.37. The van der Waals surface area contributed by atoms with Gasteiger partial charge in [0.2, 0.25) is 6.10 Å². The number of rotatable bonds is 3. The Kier molecular flexibility index (Phi) is 4.17. The third-order valence-corrected chi connectivity index (χ3v) is 5.06. The first kappa shape index (κ1) is 16.4. The second-order valence-electron chi connectivity index (χ2n) is 6.20. The van der Waals surface area contributed by atoms with E-state index in [1.807, 2.05) is 7.05 Å². The Labute approximate surface area is 154 Å². The number of oxime groups is 1. The topological polar surface area (TPSA) is 68.5 Å². The number of halogens is 2. The monoisotopic (exact) mass is 378 g/mol. The lowest BCUT2D eigenvalue weighted by atomic mass is 10.0. The summed E-state index contributed by atoms with van der Waals surface area (Å²) in [5.74, 6) is 0.514. The number of carbonyl (C=O) groups is 1. The van der Waals surface area contributed by atoms with Crippen LogP contribution >= 0.6 is 23.2 Å². The standard InChI is InChI=1S/C17H16Cl2N4O2/c1-23-16(11-3-2-4-13(11)21-23)20-17(24)15-8-14(22-25-15)10-6-5-9(18)7-12(10)19/h5-7,15H,2-4,8H2,1H3,(H,20,24)/t15-/m0/s1. The first-order chi connectivity index (χ1) is 12.0. The van der Waals surface area contributed by atoms with Crippen molar-refractivity contribution in [3.05, 3.63) is 45.1 Å². The number of aromatic nitrogens is 2. The molecule has 1 aliphatic carbocycles. The SMILES string of the molecule is Cn1nc2c(c1NC(=O)[C@@H]1CC(c3ccc(Cl)cc3Cl)=NO1)CCC2. The number of carbonyl (C=O) groups excluding carboxylic acids is 1. The largest absolute Gasteiger partial charge is 0.382 e. The zero-order chi connectivity index (χ0) is 17.6. The lowest BCUT2D eigenvalue weighted by Gasteiger charge is -2.11. The van der Waals surface area contributed by atoms with Crippen LogP contribution in [0.2, 0.25) is 10.0 Å². The minimum Gasteiger partial charge on any atom is -0.382 e. The van der Waals surface area contributed by atoms with E-state index in [0.717, 1.165) is 41.9 Å². The molecule has 8 heteroatoms. The van der Waals surface area contributed by atoms with Crippen LogP contribution in [0.5, 0.6) is 0 Å². The van der Waals surface area contributed by atoms with Crippen LogP contribution < -0.4 is 5.32 Å². The Morgan fingerprint density at radius 2 is 2.20 bits per heavy atom. The summed E-state index contributed by atoms with van der Waals surface area (Å²) in [6.07, 6.45) is 2.64. The summed E-state index contributed by atoms with van der Waals surface area (Å²) < 4.78 is 1.72. The number of hydrogen-bond acceptors (Lipinski definition) is 4. The maximum atomic E-state index is 12.6. The molecule has 1 aromatic carbocycles. The molecule has 0 saturated carbocycles. The first-order valence-corrected chi connectivity index (χ1v) is 8.82. The van der Waals surface area contributed by atoms with E-state index >= 15 is 0 Å². The summed E-state index contributed by atoms with van der Waals surface area (Å²) in [6, 6.07) is 5.16. The van der Waals surface area contributed by atoms with Crippen LogP contribution in [-0.4, -0.2) is 27.5 Å². The van der Waals surface area contributed by atoms with Crippen molar-refractivity contribution < 1.29 is 9.63 Å². The van der Waals surface area contributed by atoms with Crippen molar-refractivity contribution in [2.45, 2.75) is 31.8 Å². The van der Waals surface area contributed by atoms with E-state index in [1.165, 1.54) is 0 Å². The molecule has 0 fully saturated rings. The minimum atomic E-state index is -0.686. The highest BCUT2D eigenvalue weighted by Gasteiger charge is 2.31. The van der Waals surface area contributed by atoms with E-state index in [1.54, 1.807) is 22.9 Å². The second-order valence-corrected chi connectivity index (χ2v) is 7.04. The van der Waals surface area contributed by atoms with Crippen LogP contribution in [0, 0.1) is 0 Å². The van der Waals surface area contributed by atoms with E-state index in [0.29, 0.717) is 22.2 Å². The molecule has 6 nitrogen and oxygen atoms in total. The van der Waals surface area contributed by atoms with Crippen LogP contribution in [0.25, 0.3) is 0 Å². The molecule has 0 saturated heterocycles. The Morgan fingerprint density at radius 3 is 3.00 bits per heavy atom. The molecule has 0 bridgehead atoms. The fourth-order valence-corrected chi connectivity index (χ4v) is 3.79. The van der Waals surface area contributed by atoms with Gasteiger partial charge in [0.25, 0.3) is 5.91 Å². The molecule has 0 unspecified atom stereocenters. The van der Waals surface area contributed by atoms with E-state index in [9.17, 15) is 4.79 Å². The number of benzene rings is 1. The summed E-state index contributed by atoms with van der Waals surface area (Å²) in [7, 11) is 1.83. The zero-order valence-electron chi connectivity index (χ0n) is 13.6. The molecular formula is C17H16Cl2N4O2. The maximum absolute atomic E-state index is 12.6. The van der Waals surface area contributed by atoms with Gasteiger partial charge in [-0.3, -0.25) is 9.48 Å². The average Bonchev–Trinajstić information content (AvgIpc) is 3.26. The molecule has 0 spiro atoms. The van der Waals surface area contributed by atoms with Crippen LogP contribution in [0.15, 0.2) is 23.4 Å². The quantitative estimate of drug-likeness (QED) is 0.890. The normalized spacial score (nSPS) is 18.7. The number of hydrogen-bond donors (Lipinski definition) is 1. The molecule has 0 radical (unpaired) electrons. The summed E-state index contributed by atoms with van der Waals surface area (Å²) in [5, 5.41) is 12.5. The molecular weight excluding hydrogens is 363 g/mol. The minimum absolute atomic E-state index is 0.235. The van der Waals surface area contributed by atoms with Crippen molar-refractivity contribution in [1.29, 1.82) is 0 Å². The molecule has 1 atom stereocenters. The molecule has 130 valence electrons. The van der Waals surface area contributed by atoms with Gasteiger partial charge in [0.15, 0.2) is 0 Å². The summed E-state index contributed by atoms with van der Waals surface area (Å²) in [5.41, 5.74) is 3.55. The van der Waals surface area contributed by atoms with Crippen LogP contribution in [-0.2, 0) is 29.5 Å². The summed E-state index contributed by atoms with van der Waals surface area (Å²) in [4.78, 5) is 17.9. The second kappa shape index (κ2) is 6.35. The Bertz CT molecular complexity index is 891. The Hall–Kier alpha value is -2.05. The van der Waals surface area contributed by atoms with Crippen molar-refractivity contribution in [3.63, 3.8) is 0 Å². The highest BCUT2D eigenvalue weighted by Crippen LogP contribution is 2.29. The van der Waals surface area contributed by atoms with Gasteiger partial charge in [0.1, 0.15) is 5.82 Å². The predicted molar refractivity (Wildman–Crippen MR) is 96.4 cm³/mol. The van der Waals surface area contributed by atoms with Gasteiger partial charge in [-0.25, -0.2) is 0 Å². The van der Waals surface area contributed by atoms with Gasteiger partial charge in [-0.1, -0.05) is 34.4 Å². The van der Waals surface area contributed by atoms with Crippen molar-refractivity contribution >= 4 is 40.6 Å². The van der Waals surface area contributed by atoms with Gasteiger partial charge >= 0.3 is 0 Å². The zero-order valence-corrected chi connectivity index (χ0v) is 15.1. The first-order valence-electron chi connectivity index (χ1n) is 8.06. The Balaban J connectivity index is 1.47. The van der Waals surface area contributed by atoms with E-state index in [-0.39, 0.29) is 5.91 Å². The van der Waals surface area contributed by atoms with Crippen LogP contribution in [0.1, 0.15) is 29.7 Å². The Morgan fingerprint density at radius 1 is 1.36 bits per heavy atom. The number of amides is 1. The van der Waals surface area contributed by atoms with E-state index < -0.39 is 6.10 Å². The molecule has 25 heavy (non-hydrogen) atoms. The predicted octanol–water partition coefficient (Wildman–Crippen LogP) is 3.35. The number of anilines is 1. The number of nitrogens with zero attached hydrogens (tertiary/aromatic N) is 3. The van der Waals surface area contributed by atoms with Gasteiger partial charge < -0.3 is 10.2 Å². The van der Waals surface area contributed by atoms with Gasteiger partial charge in [0, 0.05) is 29.6 Å². The fraction of sp³-hybridized carbons (Fsp3) is 0.353. The van der Waals surface area contributed by atoms with Crippen molar-refractivity contribution in [2.75, 3.05) is 5.32 Å². The highest BCUT2D eigenvalue weighted by atomic mass is 35.5. The van der Waals surface area contributed by atoms with Crippen molar-refractivity contribution in [3.8, 4) is 0 Å². The maximum Gasteiger partial charge on any atom is 0.269 e. The molecule has 1 amide bonds. The van der Waals surface area contributed by atoms with Gasteiger partial charge in [-0.15, -0.1) is 0 Å². The fourth-order valence-electron chi connectivity index (χ4n) is 3.27. The summed E-state index contributed by atoms with van der Waals surface area (Å²) >= 11 is 12.1. The van der Waals surface area contributed by atoms with Gasteiger partial charge in [0.05, 0.1) is 16.4 Å². The van der Waals surface area contributed by atoms with Crippen LogP contribution in [0.3, 0.4) is 0 Å². The lowest BCUT2D eigenvalue weighted by molar-refractivity contribution is -0.125. The van der Waals surface area contributed by atoms with E-state index in [4.69, 9.17) is 28.0 Å². The molecule has 1 aliphatic heterocycles. The van der Waals surface area contributed by atoms with E-state index in [2.05, 4.69) is 15.6 Å². The smallest absolute Gasteiger partial charge is 0.269 e. The van der Waals surface area contributed by atoms with Crippen LogP contribution in [0.4, 0.5) is 5.82 Å². The summed E-state index contributed by atoms with van der Waals surface area (Å²) in [6.45, 7) is 0. The molecule has 1 N–H and O–H groups in total. The number of nitrogens with one attached hydrogen (secondary N) is 1. The van der Waals surface area contributed by atoms with Gasteiger partial charge in [-0.05, 0) is 31.4 Å². The number of fused-ring (bicyclic) bond motifs is 1. The third-order valence-electron chi connectivity index (χ3n) is 4.51. The molecule has 2 aromatic rings.